The summed E-state index contributed by atoms with van der Waals surface area (Å²) in [7, 11) is 1.72. The molecular weight excluding hydrogens is 426 g/mol. The number of likely N-dealkylation sites (tertiary alicyclic amines) is 1. The molecule has 4 aromatic rings. The molecule has 2 N–H and O–H groups in total. The Morgan fingerprint density at radius 3 is 2.50 bits per heavy atom. The first-order valence-electron chi connectivity index (χ1n) is 11.6. The van der Waals surface area contributed by atoms with Gasteiger partial charge in [0.05, 0.1) is 23.9 Å². The Morgan fingerprint density at radius 1 is 1.00 bits per heavy atom. The number of fused-ring (bicyclic) bond motifs is 1. The third-order valence-corrected chi connectivity index (χ3v) is 6.38. The Hall–Kier alpha value is -3.68. The van der Waals surface area contributed by atoms with E-state index in [1.807, 2.05) is 60.8 Å². The third kappa shape index (κ3) is 4.66. The van der Waals surface area contributed by atoms with E-state index in [4.69, 9.17) is 9.84 Å². The monoisotopic (exact) mass is 455 g/mol. The van der Waals surface area contributed by atoms with E-state index in [1.165, 1.54) is 5.56 Å². The van der Waals surface area contributed by atoms with Crippen LogP contribution in [0.3, 0.4) is 0 Å². The largest absolute Gasteiger partial charge is 0.383 e. The zero-order valence-corrected chi connectivity index (χ0v) is 19.2. The lowest BCUT2D eigenvalue weighted by Crippen LogP contribution is -2.42. The molecule has 0 bridgehead atoms. The van der Waals surface area contributed by atoms with Crippen LogP contribution >= 0.6 is 0 Å². The van der Waals surface area contributed by atoms with Gasteiger partial charge in [-0.3, -0.25) is 4.90 Å². The fourth-order valence-electron chi connectivity index (χ4n) is 4.71. The number of aromatic nitrogens is 2. The Kier molecular flexibility index (Phi) is 6.56. The van der Waals surface area contributed by atoms with Crippen LogP contribution in [0.15, 0.2) is 85.1 Å². The average Bonchev–Trinajstić information content (AvgIpc) is 3.45. The number of nitrogens with one attached hydrogen (secondary N) is 2. The Morgan fingerprint density at radius 2 is 1.74 bits per heavy atom. The van der Waals surface area contributed by atoms with E-state index in [0.717, 1.165) is 36.4 Å². The van der Waals surface area contributed by atoms with Crippen molar-refractivity contribution in [2.24, 2.45) is 0 Å². The lowest BCUT2D eigenvalue weighted by Gasteiger charge is -2.20. The molecule has 0 spiro atoms. The molecule has 1 aliphatic heterocycles. The Balaban J connectivity index is 1.39. The molecule has 2 aromatic carbocycles. The van der Waals surface area contributed by atoms with Gasteiger partial charge in [0.25, 0.3) is 0 Å². The van der Waals surface area contributed by atoms with Gasteiger partial charge in [0.2, 0.25) is 0 Å². The summed E-state index contributed by atoms with van der Waals surface area (Å²) in [6.07, 6.45) is 1.89. The van der Waals surface area contributed by atoms with Crippen molar-refractivity contribution in [2.75, 3.05) is 38.7 Å². The van der Waals surface area contributed by atoms with E-state index in [9.17, 15) is 4.79 Å². The van der Waals surface area contributed by atoms with Gasteiger partial charge in [0.15, 0.2) is 0 Å². The first-order chi connectivity index (χ1) is 16.7. The predicted molar refractivity (Wildman–Crippen MR) is 134 cm³/mol. The highest BCUT2D eigenvalue weighted by atomic mass is 16.5. The first kappa shape index (κ1) is 22.1. The zero-order valence-electron chi connectivity index (χ0n) is 19.2. The van der Waals surface area contributed by atoms with Gasteiger partial charge in [0.1, 0.15) is 5.69 Å². The van der Waals surface area contributed by atoms with Crippen molar-refractivity contribution in [1.82, 2.24) is 19.8 Å². The second-order valence-corrected chi connectivity index (χ2v) is 8.59. The minimum Gasteiger partial charge on any atom is -0.383 e. The average molecular weight is 456 g/mol. The molecule has 1 saturated heterocycles. The highest BCUT2D eigenvalue weighted by molar-refractivity contribution is 6.00. The number of hydrogen-bond acceptors (Lipinski definition) is 4. The van der Waals surface area contributed by atoms with Crippen molar-refractivity contribution >= 4 is 17.2 Å². The van der Waals surface area contributed by atoms with Crippen molar-refractivity contribution in [2.45, 2.75) is 12.0 Å². The molecule has 2 aromatic heterocycles. The fourth-order valence-corrected chi connectivity index (χ4v) is 4.71. The van der Waals surface area contributed by atoms with Gasteiger partial charge < -0.3 is 15.4 Å². The van der Waals surface area contributed by atoms with E-state index in [0.29, 0.717) is 12.3 Å². The van der Waals surface area contributed by atoms with Crippen LogP contribution in [0, 0.1) is 0 Å². The SMILES string of the molecule is COCCN1C[C@@H](NC(=O)Nc2c(-c3ccccc3)nn3ccccc23)[C@H](c2ccccc2)C1. The number of amides is 2. The minimum absolute atomic E-state index is 0.0127. The van der Waals surface area contributed by atoms with Crippen LogP contribution in [0.1, 0.15) is 11.5 Å². The molecule has 174 valence electrons. The summed E-state index contributed by atoms with van der Waals surface area (Å²) >= 11 is 0. The van der Waals surface area contributed by atoms with Crippen LogP contribution in [0.25, 0.3) is 16.8 Å². The van der Waals surface area contributed by atoms with Crippen LogP contribution in [-0.4, -0.2) is 59.9 Å². The number of carbonyl (C=O) groups is 1. The number of ether oxygens (including phenoxy) is 1. The molecule has 0 unspecified atom stereocenters. The van der Waals surface area contributed by atoms with Crippen molar-refractivity contribution < 1.29 is 9.53 Å². The number of urea groups is 1. The summed E-state index contributed by atoms with van der Waals surface area (Å²) in [6, 6.07) is 25.9. The van der Waals surface area contributed by atoms with Crippen LogP contribution in [-0.2, 0) is 4.74 Å². The molecule has 1 aliphatic rings. The van der Waals surface area contributed by atoms with E-state index in [2.05, 4.69) is 39.8 Å². The quantitative estimate of drug-likeness (QED) is 0.437. The van der Waals surface area contributed by atoms with Crippen molar-refractivity contribution in [3.63, 3.8) is 0 Å². The van der Waals surface area contributed by atoms with Gasteiger partial charge in [0, 0.05) is 44.4 Å². The van der Waals surface area contributed by atoms with Crippen molar-refractivity contribution in [3.05, 3.63) is 90.6 Å². The van der Waals surface area contributed by atoms with Crippen molar-refractivity contribution in [1.29, 1.82) is 0 Å². The second kappa shape index (κ2) is 10.1. The summed E-state index contributed by atoms with van der Waals surface area (Å²) in [6.45, 7) is 3.16. The Bertz CT molecular complexity index is 1240. The highest BCUT2D eigenvalue weighted by Crippen LogP contribution is 2.32. The smallest absolute Gasteiger partial charge is 0.319 e. The van der Waals surface area contributed by atoms with E-state index >= 15 is 0 Å². The molecule has 0 radical (unpaired) electrons. The van der Waals surface area contributed by atoms with Crippen LogP contribution in [0.2, 0.25) is 0 Å². The lowest BCUT2D eigenvalue weighted by molar-refractivity contribution is 0.159. The minimum atomic E-state index is -0.226. The van der Waals surface area contributed by atoms with Gasteiger partial charge in [-0.1, -0.05) is 66.7 Å². The summed E-state index contributed by atoms with van der Waals surface area (Å²) < 4.78 is 7.08. The molecule has 0 saturated carbocycles. The number of rotatable bonds is 7. The fraction of sp³-hybridized carbons (Fsp3) is 0.259. The first-order valence-corrected chi connectivity index (χ1v) is 11.6. The molecule has 7 nitrogen and oxygen atoms in total. The second-order valence-electron chi connectivity index (χ2n) is 8.59. The van der Waals surface area contributed by atoms with Crippen LogP contribution < -0.4 is 10.6 Å². The van der Waals surface area contributed by atoms with Gasteiger partial charge >= 0.3 is 6.03 Å². The number of carbonyl (C=O) groups excluding carboxylic acids is 1. The molecule has 1 fully saturated rings. The number of hydrogen-bond donors (Lipinski definition) is 2. The number of pyridine rings is 1. The lowest BCUT2D eigenvalue weighted by atomic mass is 9.94. The zero-order chi connectivity index (χ0) is 23.3. The number of benzene rings is 2. The standard InChI is InChI=1S/C27H29N5O2/c1-34-17-16-31-18-22(20-10-4-2-5-11-20)23(19-31)28-27(33)29-26-24-14-8-9-15-32(24)30-25(26)21-12-6-3-7-13-21/h2-15,22-23H,16-19H2,1H3,(H2,28,29,33)/t22-,23+/m0/s1. The predicted octanol–water partition coefficient (Wildman–Crippen LogP) is 4.24. The van der Waals surface area contributed by atoms with Crippen LogP contribution in [0.5, 0.6) is 0 Å². The Labute approximate surface area is 199 Å². The van der Waals surface area contributed by atoms with Crippen LogP contribution in [0.4, 0.5) is 10.5 Å². The van der Waals surface area contributed by atoms with E-state index in [1.54, 1.807) is 11.6 Å². The normalized spacial score (nSPS) is 18.3. The molecule has 5 rings (SSSR count). The number of nitrogens with zero attached hydrogens (tertiary/aromatic N) is 3. The number of anilines is 1. The topological polar surface area (TPSA) is 70.9 Å². The molecule has 0 aliphatic carbocycles. The van der Waals surface area contributed by atoms with Gasteiger partial charge in [-0.15, -0.1) is 0 Å². The molecule has 3 heterocycles. The summed E-state index contributed by atoms with van der Waals surface area (Å²) in [5, 5.41) is 11.1. The van der Waals surface area contributed by atoms with Gasteiger partial charge in [-0.05, 0) is 17.7 Å². The summed E-state index contributed by atoms with van der Waals surface area (Å²) in [4.78, 5) is 15.6. The molecular formula is C27H29N5O2. The molecule has 34 heavy (non-hydrogen) atoms. The molecule has 7 heteroatoms. The molecule has 2 amide bonds. The maximum absolute atomic E-state index is 13.3. The van der Waals surface area contributed by atoms with E-state index in [-0.39, 0.29) is 18.0 Å². The number of methoxy groups -OCH3 is 1. The third-order valence-electron chi connectivity index (χ3n) is 6.38. The van der Waals surface area contributed by atoms with Gasteiger partial charge in [-0.25, -0.2) is 9.31 Å². The van der Waals surface area contributed by atoms with E-state index < -0.39 is 0 Å². The maximum Gasteiger partial charge on any atom is 0.319 e. The van der Waals surface area contributed by atoms with Crippen molar-refractivity contribution in [3.8, 4) is 11.3 Å². The molecule has 2 atom stereocenters. The highest BCUT2D eigenvalue weighted by Gasteiger charge is 2.34. The maximum atomic E-state index is 13.3. The summed E-state index contributed by atoms with van der Waals surface area (Å²) in [5.74, 6) is 0.210. The van der Waals surface area contributed by atoms with Gasteiger partial charge in [-0.2, -0.15) is 5.10 Å². The summed E-state index contributed by atoms with van der Waals surface area (Å²) in [5.41, 5.74) is 4.48.